The van der Waals surface area contributed by atoms with Crippen molar-refractivity contribution in [3.63, 3.8) is 0 Å². The van der Waals surface area contributed by atoms with Gasteiger partial charge in [-0.15, -0.1) is 6.42 Å². The molecule has 3 heteroatoms. The fraction of sp³-hybridized carbons (Fsp3) is 0.250. The fourth-order valence-electron chi connectivity index (χ4n) is 3.36. The van der Waals surface area contributed by atoms with Crippen LogP contribution in [-0.4, -0.2) is 17.4 Å². The van der Waals surface area contributed by atoms with Gasteiger partial charge >= 0.3 is 0 Å². The molecule has 0 heterocycles. The third-order valence-electron chi connectivity index (χ3n) is 4.43. The third kappa shape index (κ3) is 3.28. The summed E-state index contributed by atoms with van der Waals surface area (Å²) in [5.74, 6) is 2.37. The summed E-state index contributed by atoms with van der Waals surface area (Å²) in [6.45, 7) is 1.30. The molecule has 116 valence electrons. The van der Waals surface area contributed by atoms with Crippen molar-refractivity contribution >= 4 is 5.91 Å². The summed E-state index contributed by atoms with van der Waals surface area (Å²) in [5.41, 5.74) is 9.74. The van der Waals surface area contributed by atoms with E-state index in [1.165, 1.54) is 11.1 Å². The highest BCUT2D eigenvalue weighted by Crippen LogP contribution is 2.36. The Morgan fingerprint density at radius 2 is 2.09 bits per heavy atom. The molecule has 3 nitrogen and oxygen atoms in total. The van der Waals surface area contributed by atoms with Crippen LogP contribution in [0.2, 0.25) is 0 Å². The summed E-state index contributed by atoms with van der Waals surface area (Å²) in [6, 6.07) is 16.4. The lowest BCUT2D eigenvalue weighted by atomic mass is 10.0. The van der Waals surface area contributed by atoms with Crippen LogP contribution in [0.1, 0.15) is 39.5 Å². The Labute approximate surface area is 137 Å². The average Bonchev–Trinajstić information content (AvgIpc) is 2.99. The van der Waals surface area contributed by atoms with Crippen LogP contribution >= 0.6 is 0 Å². The number of amides is 1. The van der Waals surface area contributed by atoms with Crippen molar-refractivity contribution < 1.29 is 4.79 Å². The van der Waals surface area contributed by atoms with Gasteiger partial charge in [-0.2, -0.15) is 0 Å². The number of primary amides is 1. The Morgan fingerprint density at radius 3 is 2.87 bits per heavy atom. The van der Waals surface area contributed by atoms with E-state index >= 15 is 0 Å². The molecule has 0 aromatic heterocycles. The normalized spacial score (nSPS) is 16.1. The van der Waals surface area contributed by atoms with Gasteiger partial charge in [0.15, 0.2) is 0 Å². The van der Waals surface area contributed by atoms with E-state index in [1.807, 2.05) is 18.2 Å². The topological polar surface area (TPSA) is 46.3 Å². The number of hydrogen-bond acceptors (Lipinski definition) is 2. The minimum absolute atomic E-state index is 0.333. The Balaban J connectivity index is 1.85. The highest BCUT2D eigenvalue weighted by atomic mass is 16.1. The van der Waals surface area contributed by atoms with E-state index in [1.54, 1.807) is 6.07 Å². The van der Waals surface area contributed by atoms with Crippen molar-refractivity contribution in [3.8, 4) is 12.3 Å². The largest absolute Gasteiger partial charge is 0.366 e. The van der Waals surface area contributed by atoms with Crippen LogP contribution in [-0.2, 0) is 13.0 Å². The monoisotopic (exact) mass is 304 g/mol. The van der Waals surface area contributed by atoms with E-state index in [9.17, 15) is 4.79 Å². The zero-order valence-corrected chi connectivity index (χ0v) is 13.0. The van der Waals surface area contributed by atoms with Gasteiger partial charge in [-0.05, 0) is 41.7 Å². The first-order valence-electron chi connectivity index (χ1n) is 7.83. The van der Waals surface area contributed by atoms with Crippen molar-refractivity contribution in [1.82, 2.24) is 4.90 Å². The number of terminal acetylenes is 1. The average molecular weight is 304 g/mol. The Bertz CT molecular complexity index is 760. The number of hydrogen-bond donors (Lipinski definition) is 1. The van der Waals surface area contributed by atoms with E-state index in [-0.39, 0.29) is 0 Å². The van der Waals surface area contributed by atoms with Crippen molar-refractivity contribution in [1.29, 1.82) is 0 Å². The van der Waals surface area contributed by atoms with E-state index in [0.717, 1.165) is 18.4 Å². The molecule has 0 fully saturated rings. The molecule has 1 amide bonds. The molecule has 0 unspecified atom stereocenters. The van der Waals surface area contributed by atoms with Crippen LogP contribution < -0.4 is 5.73 Å². The molecule has 0 radical (unpaired) electrons. The van der Waals surface area contributed by atoms with E-state index in [2.05, 4.69) is 35.1 Å². The van der Waals surface area contributed by atoms with Crippen LogP contribution in [0.25, 0.3) is 0 Å². The lowest BCUT2D eigenvalue weighted by molar-refractivity contribution is 0.1000. The summed E-state index contributed by atoms with van der Waals surface area (Å²) in [6.07, 6.45) is 7.75. The molecule has 1 aliphatic rings. The number of fused-ring (bicyclic) bond motifs is 1. The molecule has 0 saturated heterocycles. The second-order valence-corrected chi connectivity index (χ2v) is 5.93. The number of nitrogens with two attached hydrogens (primary N) is 1. The molecule has 2 aromatic carbocycles. The van der Waals surface area contributed by atoms with Gasteiger partial charge in [0.2, 0.25) is 5.91 Å². The van der Waals surface area contributed by atoms with Gasteiger partial charge < -0.3 is 5.73 Å². The fourth-order valence-corrected chi connectivity index (χ4v) is 3.36. The minimum Gasteiger partial charge on any atom is -0.366 e. The van der Waals surface area contributed by atoms with E-state index in [4.69, 9.17) is 12.2 Å². The first kappa shape index (κ1) is 15.3. The van der Waals surface area contributed by atoms with Gasteiger partial charge in [-0.1, -0.05) is 42.3 Å². The van der Waals surface area contributed by atoms with Crippen molar-refractivity contribution in [2.24, 2.45) is 5.73 Å². The molecule has 23 heavy (non-hydrogen) atoms. The highest BCUT2D eigenvalue weighted by Gasteiger charge is 2.27. The molecule has 2 aromatic rings. The first-order chi connectivity index (χ1) is 11.2. The standard InChI is InChI=1S/C20H20N2O/c1-2-12-22(14-15-6-5-8-17(13-15)20(21)23)19-11-10-16-7-3-4-9-18(16)19/h1,3-9,13,19H,10-12,14H2,(H2,21,23)/t19-/m0/s1. The number of rotatable bonds is 5. The molecule has 1 atom stereocenters. The Kier molecular flexibility index (Phi) is 4.45. The zero-order chi connectivity index (χ0) is 16.2. The molecule has 3 rings (SSSR count). The lowest BCUT2D eigenvalue weighted by Gasteiger charge is -2.28. The molecule has 0 aliphatic heterocycles. The quantitative estimate of drug-likeness (QED) is 0.863. The zero-order valence-electron chi connectivity index (χ0n) is 13.0. The molecule has 0 saturated carbocycles. The number of benzene rings is 2. The Hall–Kier alpha value is -2.57. The van der Waals surface area contributed by atoms with Gasteiger partial charge in [0.05, 0.1) is 6.54 Å². The highest BCUT2D eigenvalue weighted by molar-refractivity contribution is 5.92. The van der Waals surface area contributed by atoms with Crippen molar-refractivity contribution in [3.05, 3.63) is 70.8 Å². The summed E-state index contributed by atoms with van der Waals surface area (Å²) in [4.78, 5) is 13.7. The van der Waals surface area contributed by atoms with Gasteiger partial charge in [-0.3, -0.25) is 9.69 Å². The van der Waals surface area contributed by atoms with Crippen LogP contribution in [0.3, 0.4) is 0 Å². The smallest absolute Gasteiger partial charge is 0.248 e. The van der Waals surface area contributed by atoms with E-state index < -0.39 is 5.91 Å². The third-order valence-corrected chi connectivity index (χ3v) is 4.43. The molecular weight excluding hydrogens is 284 g/mol. The van der Waals surface area contributed by atoms with Crippen molar-refractivity contribution in [2.45, 2.75) is 25.4 Å². The lowest BCUT2D eigenvalue weighted by Crippen LogP contribution is -2.27. The van der Waals surface area contributed by atoms with Crippen molar-refractivity contribution in [2.75, 3.05) is 6.54 Å². The number of carbonyl (C=O) groups is 1. The van der Waals surface area contributed by atoms with E-state index in [0.29, 0.717) is 24.7 Å². The first-order valence-corrected chi connectivity index (χ1v) is 7.83. The predicted molar refractivity (Wildman–Crippen MR) is 91.7 cm³/mol. The number of aryl methyl sites for hydroxylation is 1. The molecule has 1 aliphatic carbocycles. The Morgan fingerprint density at radius 1 is 1.26 bits per heavy atom. The van der Waals surface area contributed by atoms with Gasteiger partial charge in [-0.25, -0.2) is 0 Å². The molecule has 0 spiro atoms. The summed E-state index contributed by atoms with van der Waals surface area (Å²) >= 11 is 0. The van der Waals surface area contributed by atoms with Crippen LogP contribution in [0.15, 0.2) is 48.5 Å². The maximum atomic E-state index is 11.4. The van der Waals surface area contributed by atoms with Crippen LogP contribution in [0, 0.1) is 12.3 Å². The molecule has 2 N–H and O–H groups in total. The minimum atomic E-state index is -0.401. The number of carbonyl (C=O) groups excluding carboxylic acids is 1. The summed E-state index contributed by atoms with van der Waals surface area (Å²) in [7, 11) is 0. The molecule has 0 bridgehead atoms. The van der Waals surface area contributed by atoms with Gasteiger partial charge in [0.25, 0.3) is 0 Å². The SMILES string of the molecule is C#CCN(Cc1cccc(C(N)=O)c1)[C@H]1CCc2ccccc21. The maximum Gasteiger partial charge on any atom is 0.248 e. The van der Waals surface area contributed by atoms with Gasteiger partial charge in [0, 0.05) is 18.2 Å². The maximum absolute atomic E-state index is 11.4. The second-order valence-electron chi connectivity index (χ2n) is 5.93. The number of nitrogens with zero attached hydrogens (tertiary/aromatic N) is 1. The van der Waals surface area contributed by atoms with Crippen LogP contribution in [0.5, 0.6) is 0 Å². The summed E-state index contributed by atoms with van der Waals surface area (Å²) in [5, 5.41) is 0. The second kappa shape index (κ2) is 6.68. The van der Waals surface area contributed by atoms with Crippen LogP contribution in [0.4, 0.5) is 0 Å². The summed E-state index contributed by atoms with van der Waals surface area (Å²) < 4.78 is 0. The molecular formula is C20H20N2O. The predicted octanol–water partition coefficient (Wildman–Crippen LogP) is 2.91. The van der Waals surface area contributed by atoms with Gasteiger partial charge in [0.1, 0.15) is 0 Å².